The quantitative estimate of drug-likeness (QED) is 0.905. The van der Waals surface area contributed by atoms with Gasteiger partial charge in [0.15, 0.2) is 0 Å². The normalized spacial score (nSPS) is 19.6. The summed E-state index contributed by atoms with van der Waals surface area (Å²) in [5, 5.41) is 8.00. The van der Waals surface area contributed by atoms with Crippen LogP contribution in [-0.2, 0) is 20.0 Å². The van der Waals surface area contributed by atoms with Gasteiger partial charge in [0.05, 0.1) is 11.3 Å². The van der Waals surface area contributed by atoms with Crippen molar-refractivity contribution in [2.75, 3.05) is 13.1 Å². The van der Waals surface area contributed by atoms with Crippen molar-refractivity contribution in [3.05, 3.63) is 51.8 Å². The van der Waals surface area contributed by atoms with Crippen LogP contribution in [0.15, 0.2) is 18.3 Å². The van der Waals surface area contributed by atoms with E-state index in [9.17, 15) is 4.79 Å². The van der Waals surface area contributed by atoms with Crippen LogP contribution < -0.4 is 5.32 Å². The molecule has 4 rings (SSSR count). The number of rotatable bonds is 3. The third-order valence-corrected chi connectivity index (χ3v) is 6.03. The summed E-state index contributed by atoms with van der Waals surface area (Å²) in [6, 6.07) is 5.18. The van der Waals surface area contributed by atoms with Crippen LogP contribution in [-0.4, -0.2) is 33.7 Å². The molecule has 1 atom stereocenters. The third-order valence-electron chi connectivity index (χ3n) is 6.03. The second-order valence-electron chi connectivity index (χ2n) is 8.33. The van der Waals surface area contributed by atoms with Crippen LogP contribution in [0.25, 0.3) is 0 Å². The maximum atomic E-state index is 13.1. The topological polar surface area (TPSA) is 50.2 Å². The van der Waals surface area contributed by atoms with Crippen LogP contribution in [0.1, 0.15) is 77.0 Å². The van der Waals surface area contributed by atoms with Crippen molar-refractivity contribution in [2.24, 2.45) is 7.05 Å². The van der Waals surface area contributed by atoms with Crippen LogP contribution in [0, 0.1) is 6.92 Å². The second-order valence-corrected chi connectivity index (χ2v) is 8.33. The number of aryl methyl sites for hydroxylation is 2. The summed E-state index contributed by atoms with van der Waals surface area (Å²) >= 11 is 0. The first-order valence-electron chi connectivity index (χ1n) is 10.1. The van der Waals surface area contributed by atoms with Crippen LogP contribution >= 0.6 is 0 Å². The standard InChI is InChI=1S/C22H30N4O/c1-14(2)17-10-16-7-9-26(22(27)19-12-25(4)24-15(19)3)13-20(16)18(11-17)21-6-5-8-23-21/h10-12,14,21,23H,5-9,13H2,1-4H3/t21-/m0/s1. The Balaban J connectivity index is 1.68. The molecule has 0 unspecified atom stereocenters. The highest BCUT2D eigenvalue weighted by atomic mass is 16.2. The molecule has 0 saturated carbocycles. The fourth-order valence-corrected chi connectivity index (χ4v) is 4.47. The molecule has 0 aliphatic carbocycles. The van der Waals surface area contributed by atoms with Gasteiger partial charge in [-0.25, -0.2) is 0 Å². The van der Waals surface area contributed by atoms with E-state index in [-0.39, 0.29) is 5.91 Å². The van der Waals surface area contributed by atoms with Gasteiger partial charge >= 0.3 is 0 Å². The Morgan fingerprint density at radius 1 is 1.33 bits per heavy atom. The Morgan fingerprint density at radius 2 is 2.15 bits per heavy atom. The Kier molecular flexibility index (Phi) is 4.81. The van der Waals surface area contributed by atoms with Crippen LogP contribution in [0.3, 0.4) is 0 Å². The molecule has 27 heavy (non-hydrogen) atoms. The summed E-state index contributed by atoms with van der Waals surface area (Å²) in [6.45, 7) is 9.00. The number of aromatic nitrogens is 2. The zero-order chi connectivity index (χ0) is 19.1. The maximum Gasteiger partial charge on any atom is 0.257 e. The van der Waals surface area contributed by atoms with Gasteiger partial charge in [0, 0.05) is 32.4 Å². The van der Waals surface area contributed by atoms with Crippen molar-refractivity contribution in [1.29, 1.82) is 0 Å². The van der Waals surface area contributed by atoms with Crippen molar-refractivity contribution >= 4 is 5.91 Å². The summed E-state index contributed by atoms with van der Waals surface area (Å²) < 4.78 is 1.73. The molecule has 5 heteroatoms. The molecule has 0 bridgehead atoms. The molecule has 144 valence electrons. The Morgan fingerprint density at radius 3 is 2.78 bits per heavy atom. The lowest BCUT2D eigenvalue weighted by Gasteiger charge is -2.32. The smallest absolute Gasteiger partial charge is 0.257 e. The van der Waals surface area contributed by atoms with Crippen molar-refractivity contribution in [2.45, 2.75) is 58.5 Å². The predicted octanol–water partition coefficient (Wildman–Crippen LogP) is 3.47. The van der Waals surface area contributed by atoms with Gasteiger partial charge in [-0.2, -0.15) is 5.10 Å². The minimum Gasteiger partial charge on any atom is -0.334 e. The molecule has 1 aromatic carbocycles. The average Bonchev–Trinajstić information content (AvgIpc) is 3.29. The number of amides is 1. The van der Waals surface area contributed by atoms with E-state index in [1.165, 1.54) is 35.1 Å². The van der Waals surface area contributed by atoms with E-state index >= 15 is 0 Å². The molecule has 1 amide bonds. The average molecular weight is 367 g/mol. The molecule has 3 heterocycles. The number of benzene rings is 1. The molecule has 1 saturated heterocycles. The van der Waals surface area contributed by atoms with E-state index in [0.717, 1.165) is 30.8 Å². The lowest BCUT2D eigenvalue weighted by molar-refractivity contribution is 0.0733. The minimum absolute atomic E-state index is 0.101. The van der Waals surface area contributed by atoms with Gasteiger partial charge in [-0.1, -0.05) is 26.0 Å². The van der Waals surface area contributed by atoms with E-state index in [0.29, 0.717) is 18.5 Å². The molecule has 1 aromatic heterocycles. The molecule has 2 aromatic rings. The Labute approximate surface area is 161 Å². The van der Waals surface area contributed by atoms with E-state index in [2.05, 4.69) is 36.4 Å². The first-order chi connectivity index (χ1) is 12.9. The van der Waals surface area contributed by atoms with Crippen molar-refractivity contribution in [1.82, 2.24) is 20.0 Å². The molecular formula is C22H30N4O. The fourth-order valence-electron chi connectivity index (χ4n) is 4.47. The SMILES string of the molecule is Cc1nn(C)cc1C(=O)N1CCc2cc(C(C)C)cc([C@@H]3CCCN3)c2C1. The lowest BCUT2D eigenvalue weighted by atomic mass is 9.86. The first kappa shape index (κ1) is 18.2. The third kappa shape index (κ3) is 3.41. The van der Waals surface area contributed by atoms with E-state index in [4.69, 9.17) is 0 Å². The van der Waals surface area contributed by atoms with Crippen LogP contribution in [0.4, 0.5) is 0 Å². The van der Waals surface area contributed by atoms with Crippen molar-refractivity contribution in [3.8, 4) is 0 Å². The predicted molar refractivity (Wildman–Crippen MR) is 107 cm³/mol. The van der Waals surface area contributed by atoms with Gasteiger partial charge in [-0.15, -0.1) is 0 Å². The summed E-state index contributed by atoms with van der Waals surface area (Å²) in [5.41, 5.74) is 7.15. The van der Waals surface area contributed by atoms with Crippen LogP contribution in [0.5, 0.6) is 0 Å². The Bertz CT molecular complexity index is 861. The van der Waals surface area contributed by atoms with Gasteiger partial charge in [0.25, 0.3) is 5.91 Å². The fraction of sp³-hybridized carbons (Fsp3) is 0.545. The highest BCUT2D eigenvalue weighted by Gasteiger charge is 2.29. The number of carbonyl (C=O) groups is 1. The van der Waals surface area contributed by atoms with Crippen LogP contribution in [0.2, 0.25) is 0 Å². The van der Waals surface area contributed by atoms with E-state index in [1.54, 1.807) is 4.68 Å². The van der Waals surface area contributed by atoms with E-state index in [1.807, 2.05) is 25.1 Å². The van der Waals surface area contributed by atoms with Crippen molar-refractivity contribution in [3.63, 3.8) is 0 Å². The number of nitrogens with zero attached hydrogens (tertiary/aromatic N) is 3. The number of hydrogen-bond acceptors (Lipinski definition) is 3. The summed E-state index contributed by atoms with van der Waals surface area (Å²) in [5.74, 6) is 0.623. The molecule has 2 aliphatic rings. The van der Waals surface area contributed by atoms with Gasteiger partial charge < -0.3 is 10.2 Å². The summed E-state index contributed by atoms with van der Waals surface area (Å²) in [4.78, 5) is 15.1. The monoisotopic (exact) mass is 366 g/mol. The number of hydrogen-bond donors (Lipinski definition) is 1. The molecule has 0 radical (unpaired) electrons. The highest BCUT2D eigenvalue weighted by molar-refractivity contribution is 5.95. The minimum atomic E-state index is 0.101. The van der Waals surface area contributed by atoms with Gasteiger partial charge in [-0.3, -0.25) is 9.48 Å². The molecule has 5 nitrogen and oxygen atoms in total. The molecular weight excluding hydrogens is 336 g/mol. The molecule has 0 spiro atoms. The zero-order valence-corrected chi connectivity index (χ0v) is 16.9. The van der Waals surface area contributed by atoms with Gasteiger partial charge in [0.2, 0.25) is 0 Å². The van der Waals surface area contributed by atoms with Gasteiger partial charge in [-0.05, 0) is 60.9 Å². The highest BCUT2D eigenvalue weighted by Crippen LogP contribution is 2.34. The number of carbonyl (C=O) groups excluding carboxylic acids is 1. The van der Waals surface area contributed by atoms with Gasteiger partial charge in [0.1, 0.15) is 0 Å². The summed E-state index contributed by atoms with van der Waals surface area (Å²) in [6.07, 6.45) is 5.18. The number of nitrogens with one attached hydrogen (secondary N) is 1. The first-order valence-corrected chi connectivity index (χ1v) is 10.1. The lowest BCUT2D eigenvalue weighted by Crippen LogP contribution is -2.37. The number of fused-ring (bicyclic) bond motifs is 1. The molecule has 1 N–H and O–H groups in total. The second kappa shape index (κ2) is 7.12. The summed E-state index contributed by atoms with van der Waals surface area (Å²) in [7, 11) is 1.87. The molecule has 1 fully saturated rings. The zero-order valence-electron chi connectivity index (χ0n) is 16.9. The maximum absolute atomic E-state index is 13.1. The van der Waals surface area contributed by atoms with E-state index < -0.39 is 0 Å². The van der Waals surface area contributed by atoms with Crippen molar-refractivity contribution < 1.29 is 4.79 Å². The Hall–Kier alpha value is -2.14. The largest absolute Gasteiger partial charge is 0.334 e. The molecule has 2 aliphatic heterocycles.